The molecule has 8 heteroatoms. The molecule has 0 aliphatic carbocycles. The molecule has 0 radical (unpaired) electrons. The van der Waals surface area contributed by atoms with Crippen molar-refractivity contribution in [3.8, 4) is 0 Å². The van der Waals surface area contributed by atoms with Gasteiger partial charge in [-0.2, -0.15) is 0 Å². The van der Waals surface area contributed by atoms with Crippen LogP contribution in [0.3, 0.4) is 0 Å². The van der Waals surface area contributed by atoms with Crippen molar-refractivity contribution >= 4 is 38.9 Å². The zero-order chi connectivity index (χ0) is 13.9. The van der Waals surface area contributed by atoms with Gasteiger partial charge in [0.05, 0.1) is 4.90 Å². The van der Waals surface area contributed by atoms with Crippen LogP contribution in [-0.2, 0) is 10.0 Å². The van der Waals surface area contributed by atoms with Gasteiger partial charge in [-0.15, -0.1) is 0 Å². The molecule has 0 unspecified atom stereocenters. The van der Waals surface area contributed by atoms with E-state index in [1.165, 1.54) is 12.1 Å². The van der Waals surface area contributed by atoms with Crippen LogP contribution in [0.5, 0.6) is 0 Å². The van der Waals surface area contributed by atoms with Gasteiger partial charge in [-0.3, -0.25) is 9.71 Å². The van der Waals surface area contributed by atoms with Crippen LogP contribution in [0.15, 0.2) is 34.2 Å². The molecule has 0 amide bonds. The van der Waals surface area contributed by atoms with Gasteiger partial charge in [-0.1, -0.05) is 6.07 Å². The van der Waals surface area contributed by atoms with E-state index in [9.17, 15) is 8.42 Å². The average Bonchev–Trinajstić information content (AvgIpc) is 2.80. The Labute approximate surface area is 117 Å². The molecule has 1 aliphatic heterocycles. The van der Waals surface area contributed by atoms with Crippen molar-refractivity contribution in [1.82, 2.24) is 4.72 Å². The van der Waals surface area contributed by atoms with E-state index < -0.39 is 10.0 Å². The van der Waals surface area contributed by atoms with E-state index in [0.29, 0.717) is 24.5 Å². The van der Waals surface area contributed by atoms with Crippen molar-refractivity contribution in [2.45, 2.75) is 17.7 Å². The highest BCUT2D eigenvalue weighted by Gasteiger charge is 2.18. The average molecular weight is 298 g/mol. The smallest absolute Gasteiger partial charge is 0.262 e. The van der Waals surface area contributed by atoms with Crippen LogP contribution in [-0.4, -0.2) is 25.9 Å². The quantitative estimate of drug-likeness (QED) is 0.718. The van der Waals surface area contributed by atoms with Crippen molar-refractivity contribution < 1.29 is 8.42 Å². The molecule has 6 nitrogen and oxygen atoms in total. The number of thiocarbonyl (C=S) groups is 1. The molecule has 1 aromatic rings. The lowest BCUT2D eigenvalue weighted by Crippen LogP contribution is -2.29. The number of sulfonamides is 1. The Morgan fingerprint density at radius 3 is 2.84 bits per heavy atom. The molecule has 1 heterocycles. The number of amidine groups is 1. The van der Waals surface area contributed by atoms with E-state index in [-0.39, 0.29) is 10.0 Å². The van der Waals surface area contributed by atoms with Crippen LogP contribution in [0.2, 0.25) is 0 Å². The number of benzene rings is 1. The Morgan fingerprint density at radius 1 is 1.42 bits per heavy atom. The van der Waals surface area contributed by atoms with Crippen molar-refractivity contribution in [3.63, 3.8) is 0 Å². The lowest BCUT2D eigenvalue weighted by atomic mass is 10.3. The summed E-state index contributed by atoms with van der Waals surface area (Å²) in [6, 6.07) is 6.27. The summed E-state index contributed by atoms with van der Waals surface area (Å²) in [7, 11) is -3.61. The van der Waals surface area contributed by atoms with Gasteiger partial charge >= 0.3 is 0 Å². The molecule has 0 saturated carbocycles. The fraction of sp³-hybridized carbons (Fsp3) is 0.273. The van der Waals surface area contributed by atoms with E-state index in [4.69, 9.17) is 18.0 Å². The Kier molecular flexibility index (Phi) is 4.01. The minimum absolute atomic E-state index is 0.0858. The van der Waals surface area contributed by atoms with Gasteiger partial charge in [-0.05, 0) is 36.8 Å². The molecule has 19 heavy (non-hydrogen) atoms. The highest BCUT2D eigenvalue weighted by atomic mass is 32.2. The number of nitrogens with zero attached hydrogens (tertiary/aromatic N) is 1. The van der Waals surface area contributed by atoms with Gasteiger partial charge < -0.3 is 11.1 Å². The second-order valence-electron chi connectivity index (χ2n) is 4.05. The maximum atomic E-state index is 12.1. The van der Waals surface area contributed by atoms with E-state index in [0.717, 1.165) is 6.42 Å². The molecular formula is C11H14N4O2S2. The summed E-state index contributed by atoms with van der Waals surface area (Å²) < 4.78 is 26.8. The SMILES string of the molecule is NC(=S)Nc1cccc(S(=O)(=O)NC2=NCCC2)c1. The third kappa shape index (κ3) is 3.65. The second-order valence-corrected chi connectivity index (χ2v) is 6.18. The monoisotopic (exact) mass is 298 g/mol. The molecule has 0 fully saturated rings. The molecule has 1 aliphatic rings. The molecule has 0 aromatic heterocycles. The molecule has 102 valence electrons. The molecule has 1 aromatic carbocycles. The zero-order valence-corrected chi connectivity index (χ0v) is 11.7. The topological polar surface area (TPSA) is 96.6 Å². The maximum absolute atomic E-state index is 12.1. The van der Waals surface area contributed by atoms with Crippen LogP contribution in [0.25, 0.3) is 0 Å². The van der Waals surface area contributed by atoms with Crippen LogP contribution >= 0.6 is 12.2 Å². The minimum Gasteiger partial charge on any atom is -0.376 e. The Balaban J connectivity index is 2.22. The summed E-state index contributed by atoms with van der Waals surface area (Å²) in [5.41, 5.74) is 5.88. The third-order valence-corrected chi connectivity index (χ3v) is 4.02. The number of aliphatic imine (C=N–C) groups is 1. The van der Waals surface area contributed by atoms with Crippen LogP contribution in [0, 0.1) is 0 Å². The number of anilines is 1. The molecular weight excluding hydrogens is 284 g/mol. The summed E-state index contributed by atoms with van der Waals surface area (Å²) in [5.74, 6) is 0.507. The van der Waals surface area contributed by atoms with Crippen LogP contribution in [0.1, 0.15) is 12.8 Å². The Morgan fingerprint density at radius 2 is 2.21 bits per heavy atom. The number of hydrogen-bond donors (Lipinski definition) is 3. The largest absolute Gasteiger partial charge is 0.376 e. The van der Waals surface area contributed by atoms with Gasteiger partial charge in [-0.25, -0.2) is 8.42 Å². The van der Waals surface area contributed by atoms with Crippen molar-refractivity contribution in [2.75, 3.05) is 11.9 Å². The molecule has 0 spiro atoms. The Hall–Kier alpha value is -1.67. The first kappa shape index (κ1) is 13.8. The van der Waals surface area contributed by atoms with Crippen molar-refractivity contribution in [1.29, 1.82) is 0 Å². The normalized spacial score (nSPS) is 14.8. The third-order valence-electron chi connectivity index (χ3n) is 2.54. The first-order valence-electron chi connectivity index (χ1n) is 5.70. The molecule has 4 N–H and O–H groups in total. The van der Waals surface area contributed by atoms with Crippen LogP contribution < -0.4 is 15.8 Å². The predicted molar refractivity (Wildman–Crippen MR) is 78.7 cm³/mol. The van der Waals surface area contributed by atoms with Gasteiger partial charge in [0.1, 0.15) is 5.84 Å². The lowest BCUT2D eigenvalue weighted by Gasteiger charge is -2.09. The van der Waals surface area contributed by atoms with E-state index in [1.807, 2.05) is 0 Å². The van der Waals surface area contributed by atoms with Gasteiger partial charge in [0.25, 0.3) is 10.0 Å². The van der Waals surface area contributed by atoms with Crippen molar-refractivity contribution in [2.24, 2.45) is 10.7 Å². The lowest BCUT2D eigenvalue weighted by molar-refractivity contribution is 0.592. The zero-order valence-electron chi connectivity index (χ0n) is 10.1. The van der Waals surface area contributed by atoms with E-state index >= 15 is 0 Å². The second kappa shape index (κ2) is 5.54. The summed E-state index contributed by atoms with van der Waals surface area (Å²) in [6.07, 6.45) is 1.53. The molecule has 0 saturated heterocycles. The minimum atomic E-state index is -3.61. The number of nitrogens with one attached hydrogen (secondary N) is 2. The Bertz CT molecular complexity index is 625. The number of hydrogen-bond acceptors (Lipinski definition) is 4. The molecule has 0 bridgehead atoms. The van der Waals surface area contributed by atoms with E-state index in [2.05, 4.69) is 15.0 Å². The summed E-state index contributed by atoms with van der Waals surface area (Å²) in [5, 5.41) is 2.78. The summed E-state index contributed by atoms with van der Waals surface area (Å²) in [4.78, 5) is 4.23. The fourth-order valence-corrected chi connectivity index (χ4v) is 2.97. The van der Waals surface area contributed by atoms with E-state index in [1.54, 1.807) is 12.1 Å². The van der Waals surface area contributed by atoms with Gasteiger partial charge in [0.15, 0.2) is 5.11 Å². The summed E-state index contributed by atoms with van der Waals surface area (Å²) >= 11 is 4.71. The highest BCUT2D eigenvalue weighted by Crippen LogP contribution is 2.16. The first-order chi connectivity index (χ1) is 8.97. The molecule has 2 rings (SSSR count). The number of rotatable bonds is 3. The summed E-state index contributed by atoms with van der Waals surface area (Å²) in [6.45, 7) is 0.668. The standard InChI is InChI=1S/C11H14N4O2S2/c12-11(18)14-8-3-1-4-9(7-8)19(16,17)15-10-5-2-6-13-10/h1,3-4,7H,2,5-6H2,(H,13,15)(H3,12,14,18). The fourth-order valence-electron chi connectivity index (χ4n) is 1.72. The first-order valence-corrected chi connectivity index (χ1v) is 7.59. The van der Waals surface area contributed by atoms with Crippen LogP contribution in [0.4, 0.5) is 5.69 Å². The maximum Gasteiger partial charge on any atom is 0.262 e. The predicted octanol–water partition coefficient (Wildman–Crippen LogP) is 0.813. The highest BCUT2D eigenvalue weighted by molar-refractivity contribution is 7.90. The molecule has 0 atom stereocenters. The van der Waals surface area contributed by atoms with Gasteiger partial charge in [0.2, 0.25) is 0 Å². The number of nitrogens with two attached hydrogens (primary N) is 1. The van der Waals surface area contributed by atoms with Crippen molar-refractivity contribution in [3.05, 3.63) is 24.3 Å². The van der Waals surface area contributed by atoms with Gasteiger partial charge in [0, 0.05) is 18.7 Å².